The molecule has 2 aromatic rings. The molecule has 4 heteroatoms. The van der Waals surface area contributed by atoms with Gasteiger partial charge in [-0.1, -0.05) is 18.2 Å². The molecule has 0 aliphatic carbocycles. The Hall–Kier alpha value is -1.68. The minimum atomic E-state index is -0.355. The second kappa shape index (κ2) is 5.02. The number of hydrogen-bond donors (Lipinski definition) is 0. The van der Waals surface area contributed by atoms with Crippen LogP contribution in [0.15, 0.2) is 40.9 Å². The van der Waals surface area contributed by atoms with Crippen molar-refractivity contribution in [2.24, 2.45) is 0 Å². The fourth-order valence-corrected chi connectivity index (χ4v) is 3.18. The van der Waals surface area contributed by atoms with E-state index in [0.717, 1.165) is 17.7 Å². The molecule has 3 rings (SSSR count). The third-order valence-electron chi connectivity index (χ3n) is 3.60. The predicted octanol–water partition coefficient (Wildman–Crippen LogP) is 4.10. The molecule has 2 nitrogen and oxygen atoms in total. The molecule has 1 aliphatic rings. The third-order valence-corrected chi connectivity index (χ3v) is 4.26. The van der Waals surface area contributed by atoms with Crippen LogP contribution in [0.1, 0.15) is 21.5 Å². The summed E-state index contributed by atoms with van der Waals surface area (Å²) in [5.41, 5.74) is 3.76. The van der Waals surface area contributed by atoms with Gasteiger partial charge < -0.3 is 4.90 Å². The van der Waals surface area contributed by atoms with Gasteiger partial charge in [-0.2, -0.15) is 0 Å². The number of amides is 1. The number of fused-ring (bicyclic) bond motifs is 1. The van der Waals surface area contributed by atoms with Crippen LogP contribution in [0.4, 0.5) is 10.1 Å². The molecule has 0 N–H and O–H groups in total. The van der Waals surface area contributed by atoms with Gasteiger partial charge in [-0.15, -0.1) is 0 Å². The summed E-state index contributed by atoms with van der Waals surface area (Å²) < 4.78 is 13.6. The van der Waals surface area contributed by atoms with Crippen molar-refractivity contribution in [2.45, 2.75) is 13.3 Å². The molecular weight excluding hydrogens is 321 g/mol. The van der Waals surface area contributed by atoms with Crippen LogP contribution in [-0.2, 0) is 6.42 Å². The summed E-state index contributed by atoms with van der Waals surface area (Å²) in [6.07, 6.45) is 0.863. The molecule has 0 radical (unpaired) electrons. The Balaban J connectivity index is 2.02. The number of nitrogens with zero attached hydrogens (tertiary/aromatic N) is 1. The molecule has 0 atom stereocenters. The first-order valence-electron chi connectivity index (χ1n) is 6.43. The van der Waals surface area contributed by atoms with Crippen molar-refractivity contribution in [3.63, 3.8) is 0 Å². The standard InChI is InChI=1S/C16H13BrFNO/c1-10-3-2-4-11-7-8-19(15(10)11)16(20)13-6-5-12(18)9-14(13)17/h2-6,9H,7-8H2,1H3. The summed E-state index contributed by atoms with van der Waals surface area (Å²) in [4.78, 5) is 14.4. The molecule has 0 spiro atoms. The monoisotopic (exact) mass is 333 g/mol. The number of carbonyl (C=O) groups is 1. The van der Waals surface area contributed by atoms with Crippen molar-refractivity contribution in [1.82, 2.24) is 0 Å². The highest BCUT2D eigenvalue weighted by Crippen LogP contribution is 2.33. The van der Waals surface area contributed by atoms with E-state index in [2.05, 4.69) is 22.0 Å². The zero-order valence-electron chi connectivity index (χ0n) is 11.0. The molecular formula is C16H13BrFNO. The summed E-state index contributed by atoms with van der Waals surface area (Å²) >= 11 is 3.27. The van der Waals surface area contributed by atoms with Crippen LogP contribution in [0.5, 0.6) is 0 Å². The van der Waals surface area contributed by atoms with Gasteiger partial charge in [0, 0.05) is 11.0 Å². The van der Waals surface area contributed by atoms with Gasteiger partial charge in [0.25, 0.3) is 5.91 Å². The third kappa shape index (κ3) is 2.14. The molecule has 1 aliphatic heterocycles. The lowest BCUT2D eigenvalue weighted by atomic mass is 10.1. The predicted molar refractivity (Wildman–Crippen MR) is 80.7 cm³/mol. The molecule has 2 aromatic carbocycles. The number of halogens is 2. The highest BCUT2D eigenvalue weighted by atomic mass is 79.9. The zero-order valence-corrected chi connectivity index (χ0v) is 12.6. The van der Waals surface area contributed by atoms with Gasteiger partial charge in [-0.05, 0) is 58.6 Å². The van der Waals surface area contributed by atoms with E-state index in [1.807, 2.05) is 19.1 Å². The number of aryl methyl sites for hydroxylation is 1. The minimum absolute atomic E-state index is 0.0927. The molecule has 0 fully saturated rings. The quantitative estimate of drug-likeness (QED) is 0.769. The topological polar surface area (TPSA) is 20.3 Å². The van der Waals surface area contributed by atoms with E-state index in [9.17, 15) is 9.18 Å². The number of benzene rings is 2. The van der Waals surface area contributed by atoms with Gasteiger partial charge in [0.1, 0.15) is 5.82 Å². The summed E-state index contributed by atoms with van der Waals surface area (Å²) in [5.74, 6) is -0.448. The molecule has 102 valence electrons. The van der Waals surface area contributed by atoms with Crippen molar-refractivity contribution in [1.29, 1.82) is 0 Å². The SMILES string of the molecule is Cc1cccc2c1N(C(=O)c1ccc(F)cc1Br)CC2. The van der Waals surface area contributed by atoms with Crippen LogP contribution >= 0.6 is 15.9 Å². The molecule has 0 saturated carbocycles. The number of anilines is 1. The van der Waals surface area contributed by atoms with Crippen LogP contribution in [0.2, 0.25) is 0 Å². The maximum Gasteiger partial charge on any atom is 0.259 e. The average molecular weight is 334 g/mol. The zero-order chi connectivity index (χ0) is 14.3. The number of para-hydroxylation sites is 1. The first kappa shape index (κ1) is 13.3. The Bertz CT molecular complexity index is 699. The fraction of sp³-hybridized carbons (Fsp3) is 0.188. The molecule has 0 aromatic heterocycles. The van der Waals surface area contributed by atoms with E-state index < -0.39 is 0 Å². The fourth-order valence-electron chi connectivity index (χ4n) is 2.66. The van der Waals surface area contributed by atoms with Gasteiger partial charge in [-0.25, -0.2) is 4.39 Å². The summed E-state index contributed by atoms with van der Waals surface area (Å²) in [6, 6.07) is 10.2. The second-order valence-electron chi connectivity index (χ2n) is 4.91. The summed E-state index contributed by atoms with van der Waals surface area (Å²) in [7, 11) is 0. The Kier molecular flexibility index (Phi) is 3.34. The van der Waals surface area contributed by atoms with E-state index in [0.29, 0.717) is 16.6 Å². The van der Waals surface area contributed by atoms with E-state index in [1.165, 1.54) is 23.8 Å². The highest BCUT2D eigenvalue weighted by molar-refractivity contribution is 9.10. The van der Waals surface area contributed by atoms with E-state index >= 15 is 0 Å². The number of hydrogen-bond acceptors (Lipinski definition) is 1. The second-order valence-corrected chi connectivity index (χ2v) is 5.77. The van der Waals surface area contributed by atoms with Crippen LogP contribution in [0.25, 0.3) is 0 Å². The molecule has 20 heavy (non-hydrogen) atoms. The van der Waals surface area contributed by atoms with Gasteiger partial charge in [0.15, 0.2) is 0 Å². The molecule has 0 saturated heterocycles. The first-order chi connectivity index (χ1) is 9.58. The van der Waals surface area contributed by atoms with Crippen molar-refractivity contribution in [3.05, 3.63) is 63.4 Å². The smallest absolute Gasteiger partial charge is 0.259 e. The average Bonchev–Trinajstić information content (AvgIpc) is 2.83. The van der Waals surface area contributed by atoms with Crippen molar-refractivity contribution >= 4 is 27.5 Å². The summed E-state index contributed by atoms with van der Waals surface area (Å²) in [5, 5.41) is 0. The van der Waals surface area contributed by atoms with Gasteiger partial charge in [-0.3, -0.25) is 4.79 Å². The lowest BCUT2D eigenvalue weighted by Gasteiger charge is -2.20. The largest absolute Gasteiger partial charge is 0.307 e. The van der Waals surface area contributed by atoms with Crippen LogP contribution in [0.3, 0.4) is 0 Å². The molecule has 0 unspecified atom stereocenters. The first-order valence-corrected chi connectivity index (χ1v) is 7.22. The minimum Gasteiger partial charge on any atom is -0.307 e. The number of rotatable bonds is 1. The summed E-state index contributed by atoms with van der Waals surface area (Å²) in [6.45, 7) is 2.67. The number of carbonyl (C=O) groups excluding carboxylic acids is 1. The molecule has 0 bridgehead atoms. The maximum absolute atomic E-state index is 13.1. The Morgan fingerprint density at radius 2 is 2.10 bits per heavy atom. The Labute approximate surface area is 125 Å². The highest BCUT2D eigenvalue weighted by Gasteiger charge is 2.27. The normalized spacial score (nSPS) is 13.4. The van der Waals surface area contributed by atoms with Gasteiger partial charge >= 0.3 is 0 Å². The van der Waals surface area contributed by atoms with E-state index in [1.54, 1.807) is 4.90 Å². The van der Waals surface area contributed by atoms with E-state index in [4.69, 9.17) is 0 Å². The maximum atomic E-state index is 13.1. The van der Waals surface area contributed by atoms with Gasteiger partial charge in [0.2, 0.25) is 0 Å². The van der Waals surface area contributed by atoms with E-state index in [-0.39, 0.29) is 11.7 Å². The van der Waals surface area contributed by atoms with Gasteiger partial charge in [0.05, 0.1) is 11.3 Å². The van der Waals surface area contributed by atoms with Crippen LogP contribution < -0.4 is 4.90 Å². The van der Waals surface area contributed by atoms with Crippen molar-refractivity contribution in [3.8, 4) is 0 Å². The molecule has 1 amide bonds. The van der Waals surface area contributed by atoms with Crippen molar-refractivity contribution < 1.29 is 9.18 Å². The van der Waals surface area contributed by atoms with Crippen LogP contribution in [0, 0.1) is 12.7 Å². The van der Waals surface area contributed by atoms with Crippen molar-refractivity contribution in [2.75, 3.05) is 11.4 Å². The Morgan fingerprint density at radius 1 is 1.30 bits per heavy atom. The Morgan fingerprint density at radius 3 is 2.85 bits per heavy atom. The molecule has 1 heterocycles. The lowest BCUT2D eigenvalue weighted by molar-refractivity contribution is 0.0988. The van der Waals surface area contributed by atoms with Crippen LogP contribution in [-0.4, -0.2) is 12.5 Å². The lowest BCUT2D eigenvalue weighted by Crippen LogP contribution is -2.29.